The van der Waals surface area contributed by atoms with Gasteiger partial charge in [-0.1, -0.05) is 0 Å². The molecular weight excluding hydrogens is 467 g/mol. The SMILES string of the molecule is CC(=O)OC[C@@H]1O[C@H](n2cnc3c(N)ncnc32)[C@@H](OS(=O)(=O)C(F)(F)F)[C@H]1OC(C)=O. The molecule has 0 bridgehead atoms. The lowest BCUT2D eigenvalue weighted by atomic mass is 10.1. The predicted molar refractivity (Wildman–Crippen MR) is 95.7 cm³/mol. The van der Waals surface area contributed by atoms with Gasteiger partial charge in [-0.05, 0) is 0 Å². The number of ether oxygens (including phenoxy) is 3. The highest BCUT2D eigenvalue weighted by Gasteiger charge is 2.56. The first-order valence-corrected chi connectivity index (χ1v) is 10.1. The Labute approximate surface area is 177 Å². The van der Waals surface area contributed by atoms with Crippen molar-refractivity contribution in [3.63, 3.8) is 0 Å². The van der Waals surface area contributed by atoms with E-state index in [1.165, 1.54) is 0 Å². The van der Waals surface area contributed by atoms with E-state index in [0.717, 1.165) is 31.1 Å². The number of esters is 2. The molecule has 1 aliphatic rings. The van der Waals surface area contributed by atoms with Gasteiger partial charge in [-0.15, -0.1) is 0 Å². The summed E-state index contributed by atoms with van der Waals surface area (Å²) in [5.41, 5.74) is -0.0787. The van der Waals surface area contributed by atoms with Crippen molar-refractivity contribution in [2.45, 2.75) is 43.9 Å². The fraction of sp³-hybridized carbons (Fsp3) is 0.533. The number of nitrogens with two attached hydrogens (primary N) is 1. The number of fused-ring (bicyclic) bond motifs is 1. The second-order valence-corrected chi connectivity index (χ2v) is 8.05. The number of alkyl halides is 3. The fourth-order valence-corrected chi connectivity index (χ4v) is 3.57. The Hall–Kier alpha value is -3.05. The number of carbonyl (C=O) groups is 2. The smallest absolute Gasteiger partial charge is 0.463 e. The van der Waals surface area contributed by atoms with Crippen LogP contribution in [0.1, 0.15) is 20.1 Å². The first-order chi connectivity index (χ1) is 14.8. The van der Waals surface area contributed by atoms with Crippen LogP contribution >= 0.6 is 0 Å². The number of hydrogen-bond acceptors (Lipinski definition) is 12. The molecule has 4 atom stereocenters. The maximum absolute atomic E-state index is 13.0. The van der Waals surface area contributed by atoms with Crippen LogP contribution in [0.5, 0.6) is 0 Å². The molecule has 0 aliphatic carbocycles. The summed E-state index contributed by atoms with van der Waals surface area (Å²) in [6.07, 6.45) is -4.73. The molecule has 0 radical (unpaired) electrons. The topological polar surface area (TPSA) is 175 Å². The second kappa shape index (κ2) is 8.47. The zero-order valence-electron chi connectivity index (χ0n) is 16.3. The molecule has 32 heavy (non-hydrogen) atoms. The number of nitrogen functional groups attached to an aromatic ring is 1. The molecule has 2 aromatic heterocycles. The zero-order valence-corrected chi connectivity index (χ0v) is 17.2. The van der Waals surface area contributed by atoms with Gasteiger partial charge >= 0.3 is 27.6 Å². The van der Waals surface area contributed by atoms with E-state index in [0.29, 0.717) is 0 Å². The maximum atomic E-state index is 13.0. The second-order valence-electron chi connectivity index (χ2n) is 6.49. The number of aromatic nitrogens is 4. The monoisotopic (exact) mass is 483 g/mol. The normalized spacial score (nSPS) is 23.9. The van der Waals surface area contributed by atoms with Gasteiger partial charge in [0, 0.05) is 13.8 Å². The van der Waals surface area contributed by atoms with Gasteiger partial charge in [0.25, 0.3) is 0 Å². The summed E-state index contributed by atoms with van der Waals surface area (Å²) < 4.78 is 83.4. The molecule has 2 aromatic rings. The van der Waals surface area contributed by atoms with Crippen LogP contribution in [0.15, 0.2) is 12.7 Å². The summed E-state index contributed by atoms with van der Waals surface area (Å²) in [7, 11) is -6.16. The quantitative estimate of drug-likeness (QED) is 0.332. The number of rotatable bonds is 6. The summed E-state index contributed by atoms with van der Waals surface area (Å²) in [5, 5.41) is 0. The third-order valence-electron chi connectivity index (χ3n) is 4.22. The number of hydrogen-bond donors (Lipinski definition) is 1. The van der Waals surface area contributed by atoms with Crippen molar-refractivity contribution in [1.29, 1.82) is 0 Å². The van der Waals surface area contributed by atoms with Crippen LogP contribution < -0.4 is 5.73 Å². The molecule has 0 spiro atoms. The Morgan fingerprint density at radius 3 is 2.47 bits per heavy atom. The van der Waals surface area contributed by atoms with Gasteiger partial charge in [0.15, 0.2) is 29.9 Å². The lowest BCUT2D eigenvalue weighted by molar-refractivity contribution is -0.157. The van der Waals surface area contributed by atoms with E-state index in [1.807, 2.05) is 0 Å². The molecule has 2 N–H and O–H groups in total. The highest BCUT2D eigenvalue weighted by atomic mass is 32.2. The molecule has 0 amide bonds. The molecule has 3 heterocycles. The summed E-state index contributed by atoms with van der Waals surface area (Å²) in [4.78, 5) is 34.3. The Morgan fingerprint density at radius 2 is 1.88 bits per heavy atom. The Bertz CT molecular complexity index is 1140. The number of anilines is 1. The Morgan fingerprint density at radius 1 is 1.19 bits per heavy atom. The van der Waals surface area contributed by atoms with Crippen molar-refractivity contribution in [2.75, 3.05) is 12.3 Å². The summed E-state index contributed by atoms with van der Waals surface area (Å²) in [5.74, 6) is -1.82. The average Bonchev–Trinajstić information content (AvgIpc) is 3.22. The lowest BCUT2D eigenvalue weighted by Crippen LogP contribution is -2.42. The molecule has 13 nitrogen and oxygen atoms in total. The Kier molecular flexibility index (Phi) is 6.25. The lowest BCUT2D eigenvalue weighted by Gasteiger charge is -2.24. The van der Waals surface area contributed by atoms with Crippen LogP contribution in [0.2, 0.25) is 0 Å². The van der Waals surface area contributed by atoms with E-state index < -0.39 is 58.7 Å². The van der Waals surface area contributed by atoms with E-state index in [4.69, 9.17) is 19.9 Å². The number of halogens is 3. The first kappa shape index (κ1) is 23.6. The van der Waals surface area contributed by atoms with Gasteiger partial charge in [0.2, 0.25) is 0 Å². The minimum absolute atomic E-state index is 0.0322. The van der Waals surface area contributed by atoms with Crippen molar-refractivity contribution in [1.82, 2.24) is 19.5 Å². The molecule has 1 fully saturated rings. The van der Waals surface area contributed by atoms with E-state index in [1.54, 1.807) is 0 Å². The van der Waals surface area contributed by atoms with Crippen molar-refractivity contribution in [3.8, 4) is 0 Å². The maximum Gasteiger partial charge on any atom is 0.523 e. The van der Waals surface area contributed by atoms with Crippen molar-refractivity contribution in [2.24, 2.45) is 0 Å². The van der Waals surface area contributed by atoms with Crippen LogP contribution in [0.3, 0.4) is 0 Å². The third kappa shape index (κ3) is 4.58. The minimum atomic E-state index is -6.16. The van der Waals surface area contributed by atoms with Gasteiger partial charge in [-0.2, -0.15) is 21.6 Å². The van der Waals surface area contributed by atoms with E-state index in [2.05, 4.69) is 19.1 Å². The van der Waals surface area contributed by atoms with E-state index in [-0.39, 0.29) is 17.0 Å². The Balaban J connectivity index is 2.09. The standard InChI is InChI=1S/C15H16F3N5O8S/c1-6(24)28-3-8-10(29-7(2)25)11(31-32(26,27)15(16,17)18)14(30-8)23-5-22-9-12(19)20-4-21-13(9)23/h4-5,8,10-11,14H,3H2,1-2H3,(H2,19,20,21)/t8-,10-,11-,14-/m0/s1. The molecule has 17 heteroatoms. The highest BCUT2D eigenvalue weighted by Crippen LogP contribution is 2.39. The molecule has 176 valence electrons. The van der Waals surface area contributed by atoms with Crippen molar-refractivity contribution in [3.05, 3.63) is 12.7 Å². The zero-order chi connectivity index (χ0) is 23.8. The molecule has 1 saturated heterocycles. The first-order valence-electron chi connectivity index (χ1n) is 8.70. The van der Waals surface area contributed by atoms with Gasteiger partial charge in [-0.25, -0.2) is 15.0 Å². The predicted octanol–water partition coefficient (Wildman–Crippen LogP) is 0.0355. The largest absolute Gasteiger partial charge is 0.523 e. The molecule has 0 saturated carbocycles. The summed E-state index contributed by atoms with van der Waals surface area (Å²) >= 11 is 0. The van der Waals surface area contributed by atoms with Gasteiger partial charge < -0.3 is 19.9 Å². The van der Waals surface area contributed by atoms with E-state index in [9.17, 15) is 31.2 Å². The number of imidazole rings is 1. The molecular formula is C15H16F3N5O8S. The highest BCUT2D eigenvalue weighted by molar-refractivity contribution is 7.87. The van der Waals surface area contributed by atoms with Crippen LogP contribution in [0, 0.1) is 0 Å². The summed E-state index contributed by atoms with van der Waals surface area (Å²) in [6, 6.07) is 0. The third-order valence-corrected chi connectivity index (χ3v) is 5.26. The fourth-order valence-electron chi connectivity index (χ4n) is 2.96. The van der Waals surface area contributed by atoms with Gasteiger partial charge in [0.05, 0.1) is 6.33 Å². The molecule has 3 rings (SSSR count). The van der Waals surface area contributed by atoms with Crippen molar-refractivity contribution < 1.29 is 49.6 Å². The van der Waals surface area contributed by atoms with Crippen LogP contribution in [-0.4, -0.2) is 70.3 Å². The number of carbonyl (C=O) groups excluding carboxylic acids is 2. The van der Waals surface area contributed by atoms with Gasteiger partial charge in [-0.3, -0.25) is 18.3 Å². The molecule has 0 unspecified atom stereocenters. The van der Waals surface area contributed by atoms with Crippen LogP contribution in [0.4, 0.5) is 19.0 Å². The summed E-state index contributed by atoms with van der Waals surface area (Å²) in [6.45, 7) is 1.41. The molecule has 1 aliphatic heterocycles. The van der Waals surface area contributed by atoms with E-state index >= 15 is 0 Å². The van der Waals surface area contributed by atoms with Crippen LogP contribution in [0.25, 0.3) is 11.2 Å². The van der Waals surface area contributed by atoms with Crippen LogP contribution in [-0.2, 0) is 38.1 Å². The van der Waals surface area contributed by atoms with Crippen molar-refractivity contribution >= 4 is 39.0 Å². The number of nitrogens with zero attached hydrogens (tertiary/aromatic N) is 4. The minimum Gasteiger partial charge on any atom is -0.463 e. The molecule has 0 aromatic carbocycles. The average molecular weight is 483 g/mol. The van der Waals surface area contributed by atoms with Gasteiger partial charge in [0.1, 0.15) is 24.6 Å².